The van der Waals surface area contributed by atoms with Crippen molar-refractivity contribution >= 4 is 17.2 Å². The molecule has 20 heavy (non-hydrogen) atoms. The molecule has 1 aromatic rings. The molecule has 1 aliphatic rings. The smallest absolute Gasteiger partial charge is 0.223 e. The third-order valence-corrected chi connectivity index (χ3v) is 5.40. The van der Waals surface area contributed by atoms with Crippen molar-refractivity contribution in [3.63, 3.8) is 0 Å². The quantitative estimate of drug-likeness (QED) is 0.838. The minimum atomic E-state index is 0.130. The van der Waals surface area contributed by atoms with E-state index in [-0.39, 0.29) is 11.9 Å². The van der Waals surface area contributed by atoms with Crippen LogP contribution in [-0.2, 0) is 4.79 Å². The minimum Gasteiger partial charge on any atom is -0.338 e. The summed E-state index contributed by atoms with van der Waals surface area (Å²) in [6.07, 6.45) is 4.86. The van der Waals surface area contributed by atoms with Crippen LogP contribution in [0, 0.1) is 5.92 Å². The second-order valence-electron chi connectivity index (χ2n) is 5.67. The molecule has 4 nitrogen and oxygen atoms in total. The zero-order valence-electron chi connectivity index (χ0n) is 12.7. The summed E-state index contributed by atoms with van der Waals surface area (Å²) in [4.78, 5) is 22.0. The first-order valence-corrected chi connectivity index (χ1v) is 8.36. The molecule has 1 amide bonds. The average molecular weight is 295 g/mol. The molecule has 0 saturated carbocycles. The largest absolute Gasteiger partial charge is 0.338 e. The van der Waals surface area contributed by atoms with E-state index in [1.807, 2.05) is 23.7 Å². The fourth-order valence-electron chi connectivity index (χ4n) is 2.74. The maximum atomic E-state index is 12.4. The predicted octanol–water partition coefficient (Wildman–Crippen LogP) is 2.78. The molecule has 5 heteroatoms. The third-order valence-electron chi connectivity index (χ3n) is 4.46. The summed E-state index contributed by atoms with van der Waals surface area (Å²) in [5.41, 5.74) is 1.82. The summed E-state index contributed by atoms with van der Waals surface area (Å²) in [7, 11) is 1.91. The van der Waals surface area contributed by atoms with Gasteiger partial charge in [0, 0.05) is 24.5 Å². The van der Waals surface area contributed by atoms with E-state index >= 15 is 0 Å². The second-order valence-corrected chi connectivity index (χ2v) is 6.58. The lowest BCUT2D eigenvalue weighted by atomic mass is 9.93. The van der Waals surface area contributed by atoms with Crippen LogP contribution in [0.1, 0.15) is 44.0 Å². The van der Waals surface area contributed by atoms with Crippen LogP contribution in [-0.4, -0.2) is 47.4 Å². The number of aromatic nitrogens is 1. The summed E-state index contributed by atoms with van der Waals surface area (Å²) in [6.45, 7) is 7.69. The number of hydrogen-bond donors (Lipinski definition) is 0. The van der Waals surface area contributed by atoms with Crippen molar-refractivity contribution in [3.8, 4) is 0 Å². The van der Waals surface area contributed by atoms with Gasteiger partial charge in [-0.2, -0.15) is 0 Å². The fraction of sp³-hybridized carbons (Fsp3) is 0.733. The van der Waals surface area contributed by atoms with E-state index in [0.717, 1.165) is 37.4 Å². The van der Waals surface area contributed by atoms with Gasteiger partial charge in [-0.05, 0) is 45.3 Å². The highest BCUT2D eigenvalue weighted by Crippen LogP contribution is 2.26. The highest BCUT2D eigenvalue weighted by molar-refractivity contribution is 7.09. The summed E-state index contributed by atoms with van der Waals surface area (Å²) in [5.74, 6) is 0.822. The fourth-order valence-corrected chi connectivity index (χ4v) is 3.46. The Kier molecular flexibility index (Phi) is 5.54. The van der Waals surface area contributed by atoms with Crippen LogP contribution in [0.4, 0.5) is 0 Å². The molecule has 0 N–H and O–H groups in total. The molecule has 0 aliphatic carbocycles. The van der Waals surface area contributed by atoms with Crippen molar-refractivity contribution in [2.24, 2.45) is 5.92 Å². The van der Waals surface area contributed by atoms with E-state index in [4.69, 9.17) is 0 Å². The van der Waals surface area contributed by atoms with Gasteiger partial charge in [0.25, 0.3) is 0 Å². The molecule has 1 aliphatic heterocycles. The van der Waals surface area contributed by atoms with Crippen LogP contribution in [0.2, 0.25) is 0 Å². The van der Waals surface area contributed by atoms with Crippen LogP contribution in [0.3, 0.4) is 0 Å². The number of carbonyl (C=O) groups excluding carboxylic acids is 1. The molecule has 0 aromatic carbocycles. The molecule has 2 rings (SSSR count). The maximum Gasteiger partial charge on any atom is 0.223 e. The number of carbonyl (C=O) groups is 1. The maximum absolute atomic E-state index is 12.4. The van der Waals surface area contributed by atoms with E-state index in [0.29, 0.717) is 12.3 Å². The highest BCUT2D eigenvalue weighted by atomic mass is 32.1. The summed E-state index contributed by atoms with van der Waals surface area (Å²) < 4.78 is 0. The number of likely N-dealkylation sites (tertiary alicyclic amines) is 1. The zero-order chi connectivity index (χ0) is 14.5. The second kappa shape index (κ2) is 7.18. The summed E-state index contributed by atoms with van der Waals surface area (Å²) >= 11 is 1.61. The Morgan fingerprint density at radius 1 is 1.55 bits per heavy atom. The lowest BCUT2D eigenvalue weighted by Crippen LogP contribution is -2.36. The molecule has 1 fully saturated rings. The minimum absolute atomic E-state index is 0.130. The number of hydrogen-bond acceptors (Lipinski definition) is 4. The molecular weight excluding hydrogens is 270 g/mol. The van der Waals surface area contributed by atoms with Gasteiger partial charge >= 0.3 is 0 Å². The van der Waals surface area contributed by atoms with Crippen molar-refractivity contribution in [3.05, 3.63) is 16.6 Å². The highest BCUT2D eigenvalue weighted by Gasteiger charge is 2.24. The molecule has 1 atom stereocenters. The summed E-state index contributed by atoms with van der Waals surface area (Å²) in [6, 6.07) is 0.130. The van der Waals surface area contributed by atoms with Crippen LogP contribution in [0.5, 0.6) is 0 Å². The van der Waals surface area contributed by atoms with Crippen molar-refractivity contribution < 1.29 is 4.79 Å². The van der Waals surface area contributed by atoms with Gasteiger partial charge in [0.05, 0.1) is 11.6 Å². The van der Waals surface area contributed by atoms with Gasteiger partial charge in [0.2, 0.25) is 5.91 Å². The van der Waals surface area contributed by atoms with Crippen molar-refractivity contribution in [2.45, 2.75) is 39.2 Å². The Morgan fingerprint density at radius 2 is 2.25 bits per heavy atom. The molecule has 2 heterocycles. The van der Waals surface area contributed by atoms with E-state index in [1.165, 1.54) is 0 Å². The Bertz CT molecular complexity index is 413. The molecule has 112 valence electrons. The zero-order valence-corrected chi connectivity index (χ0v) is 13.5. The molecule has 0 radical (unpaired) electrons. The topological polar surface area (TPSA) is 36.4 Å². The number of thiazole rings is 1. The van der Waals surface area contributed by atoms with Gasteiger partial charge in [0.1, 0.15) is 0 Å². The lowest BCUT2D eigenvalue weighted by Gasteiger charge is -2.32. The van der Waals surface area contributed by atoms with Crippen molar-refractivity contribution in [1.82, 2.24) is 14.8 Å². The molecule has 1 unspecified atom stereocenters. The van der Waals surface area contributed by atoms with Gasteiger partial charge in [-0.3, -0.25) is 9.78 Å². The van der Waals surface area contributed by atoms with Crippen molar-refractivity contribution in [2.75, 3.05) is 26.7 Å². The molecule has 1 saturated heterocycles. The molecule has 1 aromatic heterocycles. The lowest BCUT2D eigenvalue weighted by molar-refractivity contribution is -0.133. The van der Waals surface area contributed by atoms with Gasteiger partial charge in [-0.1, -0.05) is 6.92 Å². The van der Waals surface area contributed by atoms with Crippen molar-refractivity contribution in [1.29, 1.82) is 0 Å². The molecule has 0 spiro atoms. The first-order chi connectivity index (χ1) is 9.61. The van der Waals surface area contributed by atoms with E-state index in [9.17, 15) is 4.79 Å². The summed E-state index contributed by atoms with van der Waals surface area (Å²) in [5, 5.41) is 0. The Morgan fingerprint density at radius 3 is 2.80 bits per heavy atom. The Balaban J connectivity index is 1.82. The third kappa shape index (κ3) is 3.79. The number of amides is 1. The number of piperidine rings is 1. The Labute approximate surface area is 125 Å². The number of nitrogens with zero attached hydrogens (tertiary/aromatic N) is 3. The van der Waals surface area contributed by atoms with Gasteiger partial charge in [-0.15, -0.1) is 11.3 Å². The van der Waals surface area contributed by atoms with E-state index in [2.05, 4.69) is 23.7 Å². The van der Waals surface area contributed by atoms with Gasteiger partial charge in [0.15, 0.2) is 0 Å². The van der Waals surface area contributed by atoms with Crippen LogP contribution >= 0.6 is 11.3 Å². The first-order valence-electron chi connectivity index (χ1n) is 7.48. The van der Waals surface area contributed by atoms with E-state index in [1.54, 1.807) is 11.3 Å². The first kappa shape index (κ1) is 15.4. The molecular formula is C15H25N3OS. The SMILES string of the molecule is CCN1CCC(CC(=O)N(C)C(C)c2cncs2)CC1. The standard InChI is InChI=1S/C15H25N3OS/c1-4-18-7-5-13(6-8-18)9-15(19)17(3)12(2)14-10-16-11-20-14/h10-13H,4-9H2,1-3H3. The molecule has 0 bridgehead atoms. The van der Waals surface area contributed by atoms with Crippen LogP contribution in [0.25, 0.3) is 0 Å². The average Bonchev–Trinajstić information content (AvgIpc) is 3.00. The predicted molar refractivity (Wildman–Crippen MR) is 82.8 cm³/mol. The van der Waals surface area contributed by atoms with Gasteiger partial charge < -0.3 is 9.80 Å². The van der Waals surface area contributed by atoms with E-state index < -0.39 is 0 Å². The van der Waals surface area contributed by atoms with Crippen LogP contribution in [0.15, 0.2) is 11.7 Å². The normalized spacial score (nSPS) is 18.9. The number of rotatable bonds is 5. The Hall–Kier alpha value is -0.940. The van der Waals surface area contributed by atoms with Crippen LogP contribution < -0.4 is 0 Å². The monoisotopic (exact) mass is 295 g/mol. The van der Waals surface area contributed by atoms with Gasteiger partial charge in [-0.25, -0.2) is 0 Å².